The second-order valence-corrected chi connectivity index (χ2v) is 4.95. The van der Waals surface area contributed by atoms with Gasteiger partial charge in [-0.3, -0.25) is 4.90 Å². The summed E-state index contributed by atoms with van der Waals surface area (Å²) < 4.78 is 0. The summed E-state index contributed by atoms with van der Waals surface area (Å²) in [7, 11) is 2.15. The Hall–Kier alpha value is -0.900. The van der Waals surface area contributed by atoms with E-state index in [-0.39, 0.29) is 12.6 Å². The van der Waals surface area contributed by atoms with Crippen molar-refractivity contribution in [2.45, 2.75) is 13.0 Å². The van der Waals surface area contributed by atoms with Crippen LogP contribution in [-0.4, -0.2) is 54.7 Å². The first-order valence-electron chi connectivity index (χ1n) is 6.30. The number of hydrogen-bond acceptors (Lipinski definition) is 3. The maximum atomic E-state index is 9.61. The van der Waals surface area contributed by atoms with Gasteiger partial charge in [-0.25, -0.2) is 0 Å². The number of aliphatic hydroxyl groups is 1. The summed E-state index contributed by atoms with van der Waals surface area (Å²) in [6, 6.07) is 8.66. The fourth-order valence-electron chi connectivity index (χ4n) is 2.35. The summed E-state index contributed by atoms with van der Waals surface area (Å²) in [5, 5.41) is 9.61. The first kappa shape index (κ1) is 12.6. The van der Waals surface area contributed by atoms with E-state index in [1.165, 1.54) is 11.1 Å². The molecule has 1 N–H and O–H groups in total. The van der Waals surface area contributed by atoms with Crippen LogP contribution in [0.2, 0.25) is 0 Å². The number of nitrogens with zero attached hydrogens (tertiary/aromatic N) is 2. The molecule has 0 bridgehead atoms. The third-order valence-corrected chi connectivity index (χ3v) is 3.61. The van der Waals surface area contributed by atoms with Crippen molar-refractivity contribution >= 4 is 0 Å². The second-order valence-electron chi connectivity index (χ2n) is 4.95. The zero-order chi connectivity index (χ0) is 12.3. The number of piperazine rings is 1. The highest BCUT2D eigenvalue weighted by Crippen LogP contribution is 2.21. The highest BCUT2D eigenvalue weighted by Gasteiger charge is 2.22. The first-order chi connectivity index (χ1) is 8.20. The molecule has 1 aromatic rings. The van der Waals surface area contributed by atoms with E-state index in [2.05, 4.69) is 48.0 Å². The number of benzene rings is 1. The minimum Gasteiger partial charge on any atom is -0.394 e. The molecule has 0 amide bonds. The molecule has 94 valence electrons. The monoisotopic (exact) mass is 234 g/mol. The molecule has 1 aliphatic heterocycles. The lowest BCUT2D eigenvalue weighted by Gasteiger charge is -2.37. The van der Waals surface area contributed by atoms with Gasteiger partial charge in [-0.15, -0.1) is 0 Å². The third-order valence-electron chi connectivity index (χ3n) is 3.61. The highest BCUT2D eigenvalue weighted by atomic mass is 16.3. The molecule has 0 saturated carbocycles. The average Bonchev–Trinajstić information content (AvgIpc) is 2.35. The molecule has 1 saturated heterocycles. The lowest BCUT2D eigenvalue weighted by Crippen LogP contribution is -2.46. The molecule has 0 aromatic heterocycles. The minimum atomic E-state index is 0.157. The van der Waals surface area contributed by atoms with Crippen LogP contribution in [0.15, 0.2) is 24.3 Å². The van der Waals surface area contributed by atoms with E-state index in [0.717, 1.165) is 26.2 Å². The Bertz CT molecular complexity index is 342. The fraction of sp³-hybridized carbons (Fsp3) is 0.571. The summed E-state index contributed by atoms with van der Waals surface area (Å²) in [5.41, 5.74) is 2.49. The molecule has 3 heteroatoms. The summed E-state index contributed by atoms with van der Waals surface area (Å²) >= 11 is 0. The van der Waals surface area contributed by atoms with Crippen molar-refractivity contribution < 1.29 is 5.11 Å². The van der Waals surface area contributed by atoms with E-state index >= 15 is 0 Å². The number of rotatable bonds is 3. The fourth-order valence-corrected chi connectivity index (χ4v) is 2.35. The summed E-state index contributed by atoms with van der Waals surface area (Å²) in [5.74, 6) is 0. The molecular formula is C14H22N2O. The van der Waals surface area contributed by atoms with Gasteiger partial charge >= 0.3 is 0 Å². The van der Waals surface area contributed by atoms with Crippen LogP contribution in [0.3, 0.4) is 0 Å². The van der Waals surface area contributed by atoms with Crippen LogP contribution < -0.4 is 0 Å². The number of aliphatic hydroxyl groups excluding tert-OH is 1. The van der Waals surface area contributed by atoms with Crippen molar-refractivity contribution in [3.8, 4) is 0 Å². The highest BCUT2D eigenvalue weighted by molar-refractivity contribution is 5.24. The zero-order valence-electron chi connectivity index (χ0n) is 10.8. The topological polar surface area (TPSA) is 26.7 Å². The van der Waals surface area contributed by atoms with E-state index in [4.69, 9.17) is 0 Å². The van der Waals surface area contributed by atoms with Crippen LogP contribution >= 0.6 is 0 Å². The Balaban J connectivity index is 2.08. The molecule has 0 radical (unpaired) electrons. The van der Waals surface area contributed by atoms with E-state index < -0.39 is 0 Å². The van der Waals surface area contributed by atoms with Gasteiger partial charge in [-0.1, -0.05) is 29.8 Å². The predicted molar refractivity (Wildman–Crippen MR) is 70.1 cm³/mol. The molecule has 1 aliphatic rings. The molecule has 17 heavy (non-hydrogen) atoms. The first-order valence-corrected chi connectivity index (χ1v) is 6.30. The third kappa shape index (κ3) is 3.06. The van der Waals surface area contributed by atoms with Gasteiger partial charge in [0.1, 0.15) is 0 Å². The summed E-state index contributed by atoms with van der Waals surface area (Å²) in [6.07, 6.45) is 0. The van der Waals surface area contributed by atoms with Crippen LogP contribution in [-0.2, 0) is 0 Å². The largest absolute Gasteiger partial charge is 0.394 e. The molecule has 1 fully saturated rings. The predicted octanol–water partition coefficient (Wildman–Crippen LogP) is 1.28. The zero-order valence-corrected chi connectivity index (χ0v) is 10.8. The van der Waals surface area contributed by atoms with Crippen molar-refractivity contribution in [3.05, 3.63) is 35.4 Å². The van der Waals surface area contributed by atoms with Gasteiger partial charge in [0.05, 0.1) is 12.6 Å². The average molecular weight is 234 g/mol. The molecule has 0 aliphatic carbocycles. The number of hydrogen-bond donors (Lipinski definition) is 1. The molecule has 3 nitrogen and oxygen atoms in total. The molecule has 1 aromatic carbocycles. The molecule has 1 heterocycles. The lowest BCUT2D eigenvalue weighted by atomic mass is 10.0. The SMILES string of the molecule is Cc1ccc(C(CO)N2CCN(C)CC2)cc1. The Morgan fingerprint density at radius 3 is 2.24 bits per heavy atom. The van der Waals surface area contributed by atoms with Gasteiger partial charge in [0.15, 0.2) is 0 Å². The van der Waals surface area contributed by atoms with Gasteiger partial charge in [0.25, 0.3) is 0 Å². The lowest BCUT2D eigenvalue weighted by molar-refractivity contribution is 0.0748. The standard InChI is InChI=1S/C14H22N2O/c1-12-3-5-13(6-4-12)14(11-17)16-9-7-15(2)8-10-16/h3-6,14,17H,7-11H2,1-2H3. The van der Waals surface area contributed by atoms with E-state index in [1.807, 2.05) is 0 Å². The minimum absolute atomic E-state index is 0.157. The van der Waals surface area contributed by atoms with E-state index in [9.17, 15) is 5.11 Å². The molecule has 0 spiro atoms. The number of aryl methyl sites for hydroxylation is 1. The smallest absolute Gasteiger partial charge is 0.0628 e. The van der Waals surface area contributed by atoms with Crippen LogP contribution in [0, 0.1) is 6.92 Å². The molecule has 1 atom stereocenters. The molecular weight excluding hydrogens is 212 g/mol. The summed E-state index contributed by atoms with van der Waals surface area (Å²) in [6.45, 7) is 6.54. The van der Waals surface area contributed by atoms with Gasteiger partial charge in [-0.2, -0.15) is 0 Å². The van der Waals surface area contributed by atoms with Gasteiger partial charge in [0, 0.05) is 26.2 Å². The van der Waals surface area contributed by atoms with Gasteiger partial charge in [-0.05, 0) is 19.5 Å². The van der Waals surface area contributed by atoms with Crippen molar-refractivity contribution in [2.24, 2.45) is 0 Å². The maximum Gasteiger partial charge on any atom is 0.0628 e. The van der Waals surface area contributed by atoms with Crippen LogP contribution in [0.5, 0.6) is 0 Å². The maximum absolute atomic E-state index is 9.61. The van der Waals surface area contributed by atoms with Crippen molar-refractivity contribution in [2.75, 3.05) is 39.8 Å². The molecule has 1 unspecified atom stereocenters. The Labute approximate surface area is 104 Å². The second kappa shape index (κ2) is 5.63. The summed E-state index contributed by atoms with van der Waals surface area (Å²) in [4.78, 5) is 4.71. The number of likely N-dealkylation sites (N-methyl/N-ethyl adjacent to an activating group) is 1. The van der Waals surface area contributed by atoms with Gasteiger partial charge in [0.2, 0.25) is 0 Å². The Morgan fingerprint density at radius 2 is 1.71 bits per heavy atom. The normalized spacial score (nSPS) is 20.4. The van der Waals surface area contributed by atoms with E-state index in [0.29, 0.717) is 0 Å². The Kier molecular flexibility index (Phi) is 4.15. The van der Waals surface area contributed by atoms with Crippen LogP contribution in [0.25, 0.3) is 0 Å². The van der Waals surface area contributed by atoms with Crippen LogP contribution in [0.4, 0.5) is 0 Å². The van der Waals surface area contributed by atoms with Gasteiger partial charge < -0.3 is 10.0 Å². The quantitative estimate of drug-likeness (QED) is 0.853. The van der Waals surface area contributed by atoms with E-state index in [1.54, 1.807) is 0 Å². The Morgan fingerprint density at radius 1 is 1.12 bits per heavy atom. The van der Waals surface area contributed by atoms with Crippen LogP contribution in [0.1, 0.15) is 17.2 Å². The molecule has 2 rings (SSSR count). The van der Waals surface area contributed by atoms with Crippen molar-refractivity contribution in [1.29, 1.82) is 0 Å². The van der Waals surface area contributed by atoms with Crippen molar-refractivity contribution in [3.63, 3.8) is 0 Å². The van der Waals surface area contributed by atoms with Crippen molar-refractivity contribution in [1.82, 2.24) is 9.80 Å².